The molecule has 10 N–H and O–H groups in total. The Morgan fingerprint density at radius 2 is 1.12 bits per heavy atom. The minimum atomic E-state index is -5.86. The third-order valence-corrected chi connectivity index (χ3v) is 7.91. The zero-order valence-corrected chi connectivity index (χ0v) is 25.7. The maximum atomic E-state index is 12.5. The number of aliphatic hydroxyl groups excluding tert-OH is 5. The molecule has 0 radical (unpaired) electrons. The molecule has 0 aromatic rings. The third-order valence-electron chi connectivity index (χ3n) is 7.08. The summed E-state index contributed by atoms with van der Waals surface area (Å²) in [5, 5.41) is 59.3. The van der Waals surface area contributed by atoms with Crippen molar-refractivity contribution in [2.24, 2.45) is 0 Å². The topological polar surface area (TPSA) is 238 Å². The molecule has 1 rings (SSSR count). The molecule has 1 saturated carbocycles. The first kappa shape index (κ1) is 32.7. The highest BCUT2D eigenvalue weighted by Gasteiger charge is 2.51. The predicted octanol–water partition coefficient (Wildman–Crippen LogP) is 3.02. The van der Waals surface area contributed by atoms with Crippen molar-refractivity contribution in [3.05, 3.63) is 0 Å². The van der Waals surface area contributed by atoms with Crippen molar-refractivity contribution in [1.82, 2.24) is 6.15 Å². The first-order valence-electron chi connectivity index (χ1n) is 17.4. The Hall–Kier alpha value is -0.700. The lowest BCUT2D eigenvalue weighted by Gasteiger charge is -2.41. The molecule has 0 aromatic heterocycles. The van der Waals surface area contributed by atoms with Crippen LogP contribution in [0.5, 0.6) is 0 Å². The second-order valence-corrected chi connectivity index (χ2v) is 12.0. The summed E-state index contributed by atoms with van der Waals surface area (Å²) < 4.78 is 64.4. The van der Waals surface area contributed by atoms with Gasteiger partial charge in [0.2, 0.25) is 0 Å². The van der Waals surface area contributed by atoms with Crippen molar-refractivity contribution in [1.29, 1.82) is 0 Å². The van der Waals surface area contributed by atoms with Gasteiger partial charge in [-0.25, -0.2) is 4.57 Å². The average Bonchev–Trinajstić information content (AvgIpc) is 2.96. The van der Waals surface area contributed by atoms with Crippen LogP contribution in [0.15, 0.2) is 0 Å². The summed E-state index contributed by atoms with van der Waals surface area (Å²) in [5.74, 6) is -1.20. The first-order chi connectivity index (χ1) is 21.3. The van der Waals surface area contributed by atoms with Crippen molar-refractivity contribution in [2.45, 2.75) is 159 Å². The van der Waals surface area contributed by atoms with Crippen LogP contribution in [0.25, 0.3) is 0 Å². The van der Waals surface area contributed by atoms with Gasteiger partial charge in [0.25, 0.3) is 0 Å². The van der Waals surface area contributed by atoms with Gasteiger partial charge in [-0.15, -0.1) is 0 Å². The fourth-order valence-corrected chi connectivity index (χ4v) is 5.39. The van der Waals surface area contributed by atoms with Crippen molar-refractivity contribution >= 4 is 13.8 Å². The first-order valence-corrected chi connectivity index (χ1v) is 16.4. The molecule has 8 atom stereocenters. The highest BCUT2D eigenvalue weighted by Crippen LogP contribution is 2.47. The summed E-state index contributed by atoms with van der Waals surface area (Å²) in [7, 11) is -5.86. The molecule has 252 valence electrons. The van der Waals surface area contributed by atoms with E-state index in [1.807, 2.05) is 0 Å². The van der Waals surface area contributed by atoms with Crippen LogP contribution in [0.3, 0.4) is 0 Å². The van der Waals surface area contributed by atoms with E-state index in [4.69, 9.17) is 6.85 Å². The molecule has 0 aliphatic heterocycles. The Kier molecular flexibility index (Phi) is 18.4. The quantitative estimate of drug-likeness (QED) is 0.0432. The fourth-order valence-electron chi connectivity index (χ4n) is 4.59. The summed E-state index contributed by atoms with van der Waals surface area (Å²) >= 11 is 0. The van der Waals surface area contributed by atoms with Gasteiger partial charge in [0.15, 0.2) is 0 Å². The van der Waals surface area contributed by atoms with Gasteiger partial charge in [0, 0.05) is 6.42 Å². The third kappa shape index (κ3) is 17.6. The molecule has 0 saturated heterocycles. The number of ether oxygens (including phenoxy) is 1. The number of carbonyl (C=O) groups is 1. The monoisotopic (exact) mass is 636 g/mol. The van der Waals surface area contributed by atoms with Crippen LogP contribution in [-0.4, -0.2) is 97.3 Å². The molecule has 0 heterocycles. The van der Waals surface area contributed by atoms with E-state index >= 15 is 0 Å². The maximum absolute atomic E-state index is 12.5. The number of hydrogen-bond donors (Lipinski definition) is 8. The normalized spacial score (nSPS) is 29.5. The standard InChI is InChI=1S/C28H55O12P.H3N/c1-2-3-4-5-6-7-8-9-10-11-12-13-14-15-16-17-18-22(30)38-19-21(29)20-39-41(36,37)40-28-26(34)24(32)23(31)25(33)27(28)35;/h21,23-29,31-35H,2-20H2,1H3,(H,36,37);1H3/t21-,23?,24-,25+,26-,27-,28?;/m1./s1/i19D2,20D2,21D;. The van der Waals surface area contributed by atoms with Crippen molar-refractivity contribution < 1.29 is 65.5 Å². The molecule has 1 aliphatic rings. The summed E-state index contributed by atoms with van der Waals surface area (Å²) in [6.07, 6.45) is 0.00846. The Labute approximate surface area is 257 Å². The van der Waals surface area contributed by atoms with Gasteiger partial charge in [0.1, 0.15) is 49.3 Å². The van der Waals surface area contributed by atoms with Crippen LogP contribution in [0.1, 0.15) is 123 Å². The lowest BCUT2D eigenvalue weighted by Crippen LogP contribution is -2.64. The van der Waals surface area contributed by atoms with Gasteiger partial charge in [-0.3, -0.25) is 13.8 Å². The van der Waals surface area contributed by atoms with Crippen LogP contribution in [0, 0.1) is 0 Å². The van der Waals surface area contributed by atoms with E-state index < -0.39 is 69.6 Å². The van der Waals surface area contributed by atoms with Crippen LogP contribution in [0.4, 0.5) is 0 Å². The van der Waals surface area contributed by atoms with Gasteiger partial charge in [0.05, 0.1) is 13.4 Å². The largest absolute Gasteiger partial charge is 0.472 e. The van der Waals surface area contributed by atoms with E-state index in [-0.39, 0.29) is 12.6 Å². The summed E-state index contributed by atoms with van der Waals surface area (Å²) in [5.41, 5.74) is 0. The van der Waals surface area contributed by atoms with Crippen LogP contribution in [0.2, 0.25) is 0 Å². The van der Waals surface area contributed by atoms with Gasteiger partial charge in [-0.05, 0) is 6.42 Å². The summed E-state index contributed by atoms with van der Waals surface area (Å²) in [4.78, 5) is 22.2. The number of aliphatic hydroxyl groups is 6. The van der Waals surface area contributed by atoms with E-state index in [9.17, 15) is 44.9 Å². The molecule has 1 aliphatic carbocycles. The number of carbonyl (C=O) groups excluding carboxylic acids is 1. The van der Waals surface area contributed by atoms with Crippen molar-refractivity contribution in [3.8, 4) is 0 Å². The van der Waals surface area contributed by atoms with E-state index in [1.54, 1.807) is 0 Å². The zero-order valence-electron chi connectivity index (χ0n) is 29.8. The zero-order chi connectivity index (χ0) is 35.2. The lowest BCUT2D eigenvalue weighted by molar-refractivity contribution is -0.220. The minimum absolute atomic E-state index is 0. The highest BCUT2D eigenvalue weighted by atomic mass is 31.2. The fraction of sp³-hybridized carbons (Fsp3) is 0.964. The number of rotatable bonds is 24. The van der Waals surface area contributed by atoms with Crippen LogP contribution in [-0.2, 0) is 23.1 Å². The average molecular weight is 637 g/mol. The molecule has 0 spiro atoms. The second kappa shape index (κ2) is 23.7. The van der Waals surface area contributed by atoms with Gasteiger partial charge < -0.3 is 46.4 Å². The van der Waals surface area contributed by atoms with E-state index in [0.29, 0.717) is 12.8 Å². The molecule has 14 heteroatoms. The molecule has 13 nitrogen and oxygen atoms in total. The number of esters is 1. The maximum Gasteiger partial charge on any atom is 0.472 e. The van der Waals surface area contributed by atoms with Crippen molar-refractivity contribution in [2.75, 3.05) is 13.1 Å². The number of hydrogen-bond acceptors (Lipinski definition) is 12. The molecule has 42 heavy (non-hydrogen) atoms. The molecular weight excluding hydrogens is 573 g/mol. The summed E-state index contributed by atoms with van der Waals surface area (Å²) in [6, 6.07) is 0. The van der Waals surface area contributed by atoms with E-state index in [1.165, 1.54) is 64.2 Å². The van der Waals surface area contributed by atoms with E-state index in [0.717, 1.165) is 25.7 Å². The number of phosphoric ester groups is 1. The molecule has 3 unspecified atom stereocenters. The second-order valence-electron chi connectivity index (χ2n) is 10.7. The van der Waals surface area contributed by atoms with E-state index in [2.05, 4.69) is 20.7 Å². The highest BCUT2D eigenvalue weighted by molar-refractivity contribution is 7.47. The molecule has 0 aromatic carbocycles. The van der Waals surface area contributed by atoms with Crippen LogP contribution >= 0.6 is 7.82 Å². The smallest absolute Gasteiger partial charge is 0.463 e. The molecular formula is C28H58NO12P. The molecule has 0 amide bonds. The Morgan fingerprint density at radius 1 is 0.738 bits per heavy atom. The van der Waals surface area contributed by atoms with Gasteiger partial charge in [-0.2, -0.15) is 0 Å². The lowest BCUT2D eigenvalue weighted by atomic mass is 9.85. The number of phosphoric acid groups is 1. The summed E-state index contributed by atoms with van der Waals surface area (Å²) in [6.45, 7) is -5.70. The van der Waals surface area contributed by atoms with Crippen molar-refractivity contribution in [3.63, 3.8) is 0 Å². The molecule has 1 fully saturated rings. The predicted molar refractivity (Wildman–Crippen MR) is 157 cm³/mol. The van der Waals surface area contributed by atoms with Gasteiger partial charge >= 0.3 is 13.8 Å². The Balaban J connectivity index is 0.0000212. The Bertz CT molecular complexity index is 922. The number of unbranched alkanes of at least 4 members (excludes halogenated alkanes) is 15. The SMILES string of the molecule is N.[2H]C([2H])(OC(=O)CCCCCCCCCCCCCCCCCC)[C@@]([2H])(O)C([2H])([2H])OP(=O)(O)OC1[C@H](O)[C@H](O)C(O)[C@H](O)[C@H]1O. The minimum Gasteiger partial charge on any atom is -0.463 e. The van der Waals surface area contributed by atoms with Gasteiger partial charge in [-0.1, -0.05) is 103 Å². The van der Waals surface area contributed by atoms with Crippen LogP contribution < -0.4 is 6.15 Å². The molecule has 0 bridgehead atoms. The Morgan fingerprint density at radius 3 is 1.55 bits per heavy atom.